The van der Waals surface area contributed by atoms with E-state index < -0.39 is 10.0 Å². The van der Waals surface area contributed by atoms with Crippen LogP contribution in [0.3, 0.4) is 0 Å². The zero-order chi connectivity index (χ0) is 14.5. The lowest BCUT2D eigenvalue weighted by Crippen LogP contribution is -2.25. The van der Waals surface area contributed by atoms with Crippen molar-refractivity contribution in [1.82, 2.24) is 4.72 Å². The Labute approximate surface area is 114 Å². The molecule has 1 unspecified atom stereocenters. The molecule has 1 atom stereocenters. The van der Waals surface area contributed by atoms with Crippen LogP contribution in [0.1, 0.15) is 13.8 Å². The van der Waals surface area contributed by atoms with Gasteiger partial charge >= 0.3 is 0 Å². The van der Waals surface area contributed by atoms with Crippen molar-refractivity contribution in [2.45, 2.75) is 24.8 Å². The van der Waals surface area contributed by atoms with Gasteiger partial charge in [0, 0.05) is 18.3 Å². The number of nitrogen functional groups attached to an aromatic ring is 1. The molecule has 0 spiro atoms. The summed E-state index contributed by atoms with van der Waals surface area (Å²) < 4.78 is 31.4. The van der Waals surface area contributed by atoms with Crippen LogP contribution in [0.2, 0.25) is 0 Å². The van der Waals surface area contributed by atoms with Gasteiger partial charge in [-0.3, -0.25) is 0 Å². The molecule has 7 heteroatoms. The molecule has 19 heavy (non-hydrogen) atoms. The van der Waals surface area contributed by atoms with E-state index in [1.165, 1.54) is 13.1 Å². The SMILES string of the molecule is CCOCC(C)Nc1ccc(N)cc1S(=O)(=O)NC. The molecule has 0 aliphatic heterocycles. The molecule has 0 amide bonds. The van der Waals surface area contributed by atoms with Crippen molar-refractivity contribution in [2.24, 2.45) is 0 Å². The third-order valence-electron chi connectivity index (χ3n) is 2.54. The van der Waals surface area contributed by atoms with Crippen LogP contribution in [0.5, 0.6) is 0 Å². The van der Waals surface area contributed by atoms with Crippen molar-refractivity contribution in [3.05, 3.63) is 18.2 Å². The fourth-order valence-corrected chi connectivity index (χ4v) is 2.52. The van der Waals surface area contributed by atoms with Gasteiger partial charge in [-0.1, -0.05) is 0 Å². The van der Waals surface area contributed by atoms with E-state index in [0.29, 0.717) is 24.6 Å². The summed E-state index contributed by atoms with van der Waals surface area (Å²) >= 11 is 0. The van der Waals surface area contributed by atoms with E-state index in [0.717, 1.165) is 0 Å². The molecule has 6 nitrogen and oxygen atoms in total. The maximum atomic E-state index is 11.9. The fourth-order valence-electron chi connectivity index (χ4n) is 1.59. The largest absolute Gasteiger partial charge is 0.399 e. The molecule has 0 bridgehead atoms. The van der Waals surface area contributed by atoms with Crippen LogP contribution in [0.4, 0.5) is 11.4 Å². The maximum Gasteiger partial charge on any atom is 0.242 e. The number of nitrogens with one attached hydrogen (secondary N) is 2. The summed E-state index contributed by atoms with van der Waals surface area (Å²) in [6.45, 7) is 4.95. The van der Waals surface area contributed by atoms with Crippen LogP contribution < -0.4 is 15.8 Å². The summed E-state index contributed by atoms with van der Waals surface area (Å²) in [7, 11) is -2.18. The molecule has 0 fully saturated rings. The number of nitrogens with two attached hydrogens (primary N) is 1. The van der Waals surface area contributed by atoms with E-state index in [4.69, 9.17) is 10.5 Å². The van der Waals surface area contributed by atoms with Gasteiger partial charge in [-0.05, 0) is 39.1 Å². The molecule has 0 radical (unpaired) electrons. The van der Waals surface area contributed by atoms with Crippen LogP contribution in [0, 0.1) is 0 Å². The molecule has 1 aromatic carbocycles. The molecule has 108 valence electrons. The summed E-state index contributed by atoms with van der Waals surface area (Å²) in [5.41, 5.74) is 6.56. The second kappa shape index (κ2) is 6.74. The highest BCUT2D eigenvalue weighted by Crippen LogP contribution is 2.24. The second-order valence-electron chi connectivity index (χ2n) is 4.17. The summed E-state index contributed by atoms with van der Waals surface area (Å²) in [5, 5.41) is 3.11. The normalized spacial score (nSPS) is 13.2. The van der Waals surface area contributed by atoms with Gasteiger partial charge in [-0.2, -0.15) is 0 Å². The van der Waals surface area contributed by atoms with E-state index in [9.17, 15) is 8.42 Å². The van der Waals surface area contributed by atoms with Gasteiger partial charge in [0.25, 0.3) is 0 Å². The van der Waals surface area contributed by atoms with Gasteiger partial charge < -0.3 is 15.8 Å². The van der Waals surface area contributed by atoms with Crippen LogP contribution in [0.15, 0.2) is 23.1 Å². The van der Waals surface area contributed by atoms with E-state index in [-0.39, 0.29) is 10.9 Å². The van der Waals surface area contributed by atoms with Crippen LogP contribution >= 0.6 is 0 Å². The van der Waals surface area contributed by atoms with Gasteiger partial charge in [0.2, 0.25) is 10.0 Å². The molecule has 1 aromatic rings. The first-order valence-electron chi connectivity index (χ1n) is 6.08. The predicted molar refractivity (Wildman–Crippen MR) is 76.7 cm³/mol. The standard InChI is InChI=1S/C12H21N3O3S/c1-4-18-8-9(2)15-11-6-5-10(13)7-12(11)19(16,17)14-3/h5-7,9,14-15H,4,8,13H2,1-3H3. The molecular weight excluding hydrogens is 266 g/mol. The van der Waals surface area contributed by atoms with Crippen molar-refractivity contribution in [1.29, 1.82) is 0 Å². The van der Waals surface area contributed by atoms with E-state index >= 15 is 0 Å². The first-order valence-corrected chi connectivity index (χ1v) is 7.56. The molecule has 0 aliphatic rings. The number of anilines is 2. The Morgan fingerprint density at radius 1 is 1.42 bits per heavy atom. The van der Waals surface area contributed by atoms with Gasteiger partial charge in [0.05, 0.1) is 12.3 Å². The number of hydrogen-bond acceptors (Lipinski definition) is 5. The second-order valence-corrected chi connectivity index (χ2v) is 6.02. The Morgan fingerprint density at radius 2 is 2.11 bits per heavy atom. The van der Waals surface area contributed by atoms with Crippen molar-refractivity contribution >= 4 is 21.4 Å². The van der Waals surface area contributed by atoms with E-state index in [1.807, 2.05) is 13.8 Å². The molecular formula is C12H21N3O3S. The quantitative estimate of drug-likeness (QED) is 0.651. The first kappa shape index (κ1) is 15.7. The van der Waals surface area contributed by atoms with Gasteiger partial charge in [0.15, 0.2) is 0 Å². The number of sulfonamides is 1. The molecule has 0 saturated heterocycles. The molecule has 4 N–H and O–H groups in total. The molecule has 0 aromatic heterocycles. The average molecular weight is 287 g/mol. The van der Waals surface area contributed by atoms with E-state index in [2.05, 4.69) is 10.0 Å². The number of hydrogen-bond donors (Lipinski definition) is 3. The molecule has 0 aliphatic carbocycles. The highest BCUT2D eigenvalue weighted by molar-refractivity contribution is 7.89. The van der Waals surface area contributed by atoms with Crippen LogP contribution in [-0.4, -0.2) is 34.7 Å². The van der Waals surface area contributed by atoms with Gasteiger partial charge in [0.1, 0.15) is 4.90 Å². The Hall–Kier alpha value is -1.31. The molecule has 0 heterocycles. The topological polar surface area (TPSA) is 93.4 Å². The Kier molecular flexibility index (Phi) is 5.59. The van der Waals surface area contributed by atoms with Crippen molar-refractivity contribution in [3.8, 4) is 0 Å². The Bertz CT molecular complexity index is 517. The lowest BCUT2D eigenvalue weighted by molar-refractivity contribution is 0.141. The van der Waals surface area contributed by atoms with Crippen LogP contribution in [0.25, 0.3) is 0 Å². The Morgan fingerprint density at radius 3 is 2.68 bits per heavy atom. The molecule has 0 saturated carbocycles. The lowest BCUT2D eigenvalue weighted by Gasteiger charge is -2.18. The smallest absolute Gasteiger partial charge is 0.242 e. The lowest BCUT2D eigenvalue weighted by atomic mass is 10.2. The predicted octanol–water partition coefficient (Wildman–Crippen LogP) is 1.01. The summed E-state index contributed by atoms with van der Waals surface area (Å²) in [6.07, 6.45) is 0. The summed E-state index contributed by atoms with van der Waals surface area (Å²) in [4.78, 5) is 0.137. The number of rotatable bonds is 7. The minimum atomic E-state index is -3.55. The number of benzene rings is 1. The van der Waals surface area contributed by atoms with Crippen LogP contribution in [-0.2, 0) is 14.8 Å². The number of ether oxygens (including phenoxy) is 1. The maximum absolute atomic E-state index is 11.9. The summed E-state index contributed by atoms with van der Waals surface area (Å²) in [6, 6.07) is 4.74. The zero-order valence-corrected chi connectivity index (χ0v) is 12.3. The third kappa shape index (κ3) is 4.38. The Balaban J connectivity index is 3.01. The van der Waals surface area contributed by atoms with Crippen molar-refractivity contribution in [2.75, 3.05) is 31.3 Å². The summed E-state index contributed by atoms with van der Waals surface area (Å²) in [5.74, 6) is 0. The van der Waals surface area contributed by atoms with E-state index in [1.54, 1.807) is 12.1 Å². The highest BCUT2D eigenvalue weighted by Gasteiger charge is 2.18. The molecule has 1 rings (SSSR count). The van der Waals surface area contributed by atoms with Gasteiger partial charge in [-0.25, -0.2) is 13.1 Å². The van der Waals surface area contributed by atoms with Gasteiger partial charge in [-0.15, -0.1) is 0 Å². The fraction of sp³-hybridized carbons (Fsp3) is 0.500. The van der Waals surface area contributed by atoms with Crippen molar-refractivity contribution < 1.29 is 13.2 Å². The average Bonchev–Trinajstić information content (AvgIpc) is 2.38. The van der Waals surface area contributed by atoms with Crippen molar-refractivity contribution in [3.63, 3.8) is 0 Å². The third-order valence-corrected chi connectivity index (χ3v) is 3.99. The first-order chi connectivity index (χ1) is 8.90. The monoisotopic (exact) mass is 287 g/mol. The minimum absolute atomic E-state index is 0.00520. The highest BCUT2D eigenvalue weighted by atomic mass is 32.2. The zero-order valence-electron chi connectivity index (χ0n) is 11.4. The minimum Gasteiger partial charge on any atom is -0.399 e.